The van der Waals surface area contributed by atoms with E-state index in [-0.39, 0.29) is 0 Å². The molecule has 1 spiro atoms. The highest BCUT2D eigenvalue weighted by atomic mass is 32.2. The molecule has 1 saturated heterocycles. The van der Waals surface area contributed by atoms with Crippen LogP contribution in [0.5, 0.6) is 5.75 Å². The molecule has 0 saturated carbocycles. The zero-order chi connectivity index (χ0) is 10.3. The van der Waals surface area contributed by atoms with E-state index in [4.69, 9.17) is 4.74 Å². The van der Waals surface area contributed by atoms with E-state index in [1.54, 1.807) is 6.07 Å². The molecule has 1 aromatic rings. The highest BCUT2D eigenvalue weighted by molar-refractivity contribution is 8.01. The van der Waals surface area contributed by atoms with Crippen LogP contribution in [0.15, 0.2) is 23.1 Å². The van der Waals surface area contributed by atoms with E-state index >= 15 is 0 Å². The molecule has 0 unspecified atom stereocenters. The molecule has 1 fully saturated rings. The third-order valence-electron chi connectivity index (χ3n) is 3.31. The Balaban J connectivity index is 1.94. The predicted molar refractivity (Wildman–Crippen MR) is 60.5 cm³/mol. The quantitative estimate of drug-likeness (QED) is 0.731. The van der Waals surface area contributed by atoms with Crippen molar-refractivity contribution in [1.82, 2.24) is 0 Å². The number of hydrogen-bond acceptors (Lipinski definition) is 3. The molecule has 0 amide bonds. The summed E-state index contributed by atoms with van der Waals surface area (Å²) in [6.07, 6.45) is 3.29. The molecule has 80 valence electrons. The van der Waals surface area contributed by atoms with Crippen LogP contribution in [0, 0.1) is 0 Å². The highest BCUT2D eigenvalue weighted by Crippen LogP contribution is 2.53. The maximum Gasteiger partial charge on any atom is 0.129 e. The summed E-state index contributed by atoms with van der Waals surface area (Å²) in [6.45, 7) is 1.73. The molecule has 2 aliphatic heterocycles. The van der Waals surface area contributed by atoms with Crippen LogP contribution in [-0.4, -0.2) is 23.1 Å². The molecule has 0 bridgehead atoms. The van der Waals surface area contributed by atoms with Crippen LogP contribution in [0.3, 0.4) is 0 Å². The lowest BCUT2D eigenvalue weighted by Crippen LogP contribution is -2.32. The first-order valence-electron chi connectivity index (χ1n) is 5.37. The summed E-state index contributed by atoms with van der Waals surface area (Å²) >= 11 is 1.86. The molecule has 2 nitrogen and oxygen atoms in total. The standard InChI is InChI=1S/C12H14O2S/c13-10-3-1-2-9-8-12(15-11(9)10)4-6-14-7-5-12/h1-3,13H,4-8H2. The van der Waals surface area contributed by atoms with Gasteiger partial charge in [-0.15, -0.1) is 11.8 Å². The molecule has 2 aliphatic rings. The van der Waals surface area contributed by atoms with Crippen molar-refractivity contribution in [2.75, 3.05) is 13.2 Å². The highest BCUT2D eigenvalue weighted by Gasteiger charge is 2.40. The first kappa shape index (κ1) is 9.55. The third kappa shape index (κ3) is 1.54. The maximum atomic E-state index is 9.79. The van der Waals surface area contributed by atoms with E-state index in [1.165, 1.54) is 5.56 Å². The number of benzene rings is 1. The van der Waals surface area contributed by atoms with Crippen molar-refractivity contribution in [3.8, 4) is 5.75 Å². The summed E-state index contributed by atoms with van der Waals surface area (Å²) in [6, 6.07) is 5.85. The Morgan fingerprint density at radius 1 is 1.27 bits per heavy atom. The number of aromatic hydroxyl groups is 1. The molecule has 0 radical (unpaired) electrons. The van der Waals surface area contributed by atoms with Gasteiger partial charge in [0.05, 0.1) is 4.90 Å². The second-order valence-electron chi connectivity index (χ2n) is 4.34. The number of thioether (sulfide) groups is 1. The van der Waals surface area contributed by atoms with Gasteiger partial charge in [-0.25, -0.2) is 0 Å². The number of fused-ring (bicyclic) bond motifs is 1. The average Bonchev–Trinajstić information content (AvgIpc) is 2.59. The Bertz CT molecular complexity index is 383. The normalized spacial score (nSPS) is 22.9. The van der Waals surface area contributed by atoms with Crippen molar-refractivity contribution in [3.05, 3.63) is 23.8 Å². The van der Waals surface area contributed by atoms with E-state index < -0.39 is 0 Å². The minimum atomic E-state index is 0.305. The minimum Gasteiger partial charge on any atom is -0.507 e. The van der Waals surface area contributed by atoms with Crippen molar-refractivity contribution in [2.45, 2.75) is 28.9 Å². The van der Waals surface area contributed by atoms with Crippen molar-refractivity contribution in [1.29, 1.82) is 0 Å². The fourth-order valence-electron chi connectivity index (χ4n) is 2.45. The van der Waals surface area contributed by atoms with Gasteiger partial charge < -0.3 is 9.84 Å². The van der Waals surface area contributed by atoms with Crippen LogP contribution in [0.2, 0.25) is 0 Å². The van der Waals surface area contributed by atoms with Crippen molar-refractivity contribution in [2.24, 2.45) is 0 Å². The smallest absolute Gasteiger partial charge is 0.129 e. The van der Waals surface area contributed by atoms with Crippen molar-refractivity contribution < 1.29 is 9.84 Å². The van der Waals surface area contributed by atoms with Crippen LogP contribution in [0.25, 0.3) is 0 Å². The van der Waals surface area contributed by atoms with E-state index in [0.717, 1.165) is 37.4 Å². The second kappa shape index (κ2) is 3.42. The van der Waals surface area contributed by atoms with Gasteiger partial charge in [0.2, 0.25) is 0 Å². The zero-order valence-corrected chi connectivity index (χ0v) is 9.35. The number of phenolic OH excluding ortho intramolecular Hbond substituents is 1. The Labute approximate surface area is 93.6 Å². The summed E-state index contributed by atoms with van der Waals surface area (Å²) < 4.78 is 5.71. The molecule has 0 aliphatic carbocycles. The van der Waals surface area contributed by atoms with Gasteiger partial charge in [-0.05, 0) is 30.9 Å². The zero-order valence-electron chi connectivity index (χ0n) is 8.53. The van der Waals surface area contributed by atoms with Crippen LogP contribution in [-0.2, 0) is 11.2 Å². The van der Waals surface area contributed by atoms with E-state index in [1.807, 2.05) is 17.8 Å². The average molecular weight is 222 g/mol. The first-order chi connectivity index (χ1) is 7.29. The molecule has 2 heterocycles. The lowest BCUT2D eigenvalue weighted by molar-refractivity contribution is 0.0782. The second-order valence-corrected chi connectivity index (χ2v) is 5.82. The molecule has 1 aromatic carbocycles. The van der Waals surface area contributed by atoms with Gasteiger partial charge >= 0.3 is 0 Å². The molecule has 3 rings (SSSR count). The molecular weight excluding hydrogens is 208 g/mol. The van der Waals surface area contributed by atoms with E-state index in [9.17, 15) is 5.11 Å². The monoisotopic (exact) mass is 222 g/mol. The lowest BCUT2D eigenvalue weighted by atomic mass is 9.92. The summed E-state index contributed by atoms with van der Waals surface area (Å²) in [5.41, 5.74) is 1.31. The third-order valence-corrected chi connectivity index (χ3v) is 4.97. The Kier molecular flexibility index (Phi) is 2.18. The molecule has 0 aromatic heterocycles. The lowest BCUT2D eigenvalue weighted by Gasteiger charge is -2.32. The van der Waals surface area contributed by atoms with Gasteiger partial charge in [0.1, 0.15) is 5.75 Å². The van der Waals surface area contributed by atoms with Gasteiger partial charge in [-0.3, -0.25) is 0 Å². The summed E-state index contributed by atoms with van der Waals surface area (Å²) in [5, 5.41) is 9.79. The van der Waals surface area contributed by atoms with Gasteiger partial charge in [0.15, 0.2) is 0 Å². The number of hydrogen-bond donors (Lipinski definition) is 1. The number of phenols is 1. The topological polar surface area (TPSA) is 29.5 Å². The summed E-state index contributed by atoms with van der Waals surface area (Å²) in [4.78, 5) is 1.10. The van der Waals surface area contributed by atoms with Gasteiger partial charge in [0.25, 0.3) is 0 Å². The van der Waals surface area contributed by atoms with Gasteiger partial charge in [-0.2, -0.15) is 0 Å². The minimum absolute atomic E-state index is 0.305. The fraction of sp³-hybridized carbons (Fsp3) is 0.500. The van der Waals surface area contributed by atoms with E-state index in [2.05, 4.69) is 6.07 Å². The first-order valence-corrected chi connectivity index (χ1v) is 6.18. The van der Waals surface area contributed by atoms with Crippen LogP contribution in [0.4, 0.5) is 0 Å². The van der Waals surface area contributed by atoms with Crippen LogP contribution < -0.4 is 0 Å². The molecule has 0 atom stereocenters. The molecule has 15 heavy (non-hydrogen) atoms. The fourth-order valence-corrected chi connectivity index (χ4v) is 3.93. The number of ether oxygens (including phenoxy) is 1. The van der Waals surface area contributed by atoms with Crippen molar-refractivity contribution >= 4 is 11.8 Å². The van der Waals surface area contributed by atoms with E-state index in [0.29, 0.717) is 10.5 Å². The largest absolute Gasteiger partial charge is 0.507 e. The summed E-state index contributed by atoms with van der Waals surface area (Å²) in [7, 11) is 0. The Hall–Kier alpha value is -0.670. The SMILES string of the molecule is Oc1cccc2c1SC1(CCOCC1)C2. The number of rotatable bonds is 0. The van der Waals surface area contributed by atoms with Crippen LogP contribution >= 0.6 is 11.8 Å². The molecule has 3 heteroatoms. The summed E-state index contributed by atoms with van der Waals surface area (Å²) in [5.74, 6) is 0.445. The van der Waals surface area contributed by atoms with Crippen LogP contribution in [0.1, 0.15) is 18.4 Å². The molecule has 1 N–H and O–H groups in total. The predicted octanol–water partition coefficient (Wildman–Crippen LogP) is 2.59. The molecular formula is C12H14O2S. The van der Waals surface area contributed by atoms with Gasteiger partial charge in [0, 0.05) is 18.0 Å². The maximum absolute atomic E-state index is 9.79. The van der Waals surface area contributed by atoms with Gasteiger partial charge in [-0.1, -0.05) is 12.1 Å². The Morgan fingerprint density at radius 3 is 2.80 bits per heavy atom. The van der Waals surface area contributed by atoms with Crippen molar-refractivity contribution in [3.63, 3.8) is 0 Å². The Morgan fingerprint density at radius 2 is 2.07 bits per heavy atom.